The van der Waals surface area contributed by atoms with Gasteiger partial charge in [-0.05, 0) is 42.8 Å². The van der Waals surface area contributed by atoms with Crippen molar-refractivity contribution in [3.05, 3.63) is 52.5 Å². The molecular weight excluding hydrogens is 378 g/mol. The molecule has 0 spiro atoms. The van der Waals surface area contributed by atoms with Gasteiger partial charge in [-0.2, -0.15) is 5.10 Å². The van der Waals surface area contributed by atoms with Crippen LogP contribution in [0.2, 0.25) is 0 Å². The Hall–Kier alpha value is -2.58. The SMILES string of the molecule is O=C(N/N=C/c1sc(N2CCCCC2)nc1-c1cccs1)c1cccnc1. The normalized spacial score (nSPS) is 14.6. The zero-order valence-corrected chi connectivity index (χ0v) is 16.3. The summed E-state index contributed by atoms with van der Waals surface area (Å²) < 4.78 is 0. The molecule has 1 amide bonds. The first kappa shape index (κ1) is 17.8. The maximum Gasteiger partial charge on any atom is 0.272 e. The summed E-state index contributed by atoms with van der Waals surface area (Å²) in [4.78, 5) is 25.3. The number of hydrogen-bond acceptors (Lipinski definition) is 7. The van der Waals surface area contributed by atoms with Crippen LogP contribution in [0.1, 0.15) is 34.5 Å². The van der Waals surface area contributed by atoms with Crippen LogP contribution in [0.25, 0.3) is 10.6 Å². The van der Waals surface area contributed by atoms with Crippen LogP contribution in [0.4, 0.5) is 5.13 Å². The van der Waals surface area contributed by atoms with Crippen LogP contribution in [-0.4, -0.2) is 35.2 Å². The number of piperidine rings is 1. The Morgan fingerprint density at radius 3 is 2.85 bits per heavy atom. The molecule has 1 saturated heterocycles. The summed E-state index contributed by atoms with van der Waals surface area (Å²) in [6.07, 6.45) is 8.54. The van der Waals surface area contributed by atoms with E-state index in [9.17, 15) is 4.79 Å². The van der Waals surface area contributed by atoms with Gasteiger partial charge in [0.1, 0.15) is 5.69 Å². The second-order valence-corrected chi connectivity index (χ2v) is 8.13. The number of anilines is 1. The third-order valence-electron chi connectivity index (χ3n) is 4.29. The molecule has 1 N–H and O–H groups in total. The molecule has 138 valence electrons. The van der Waals surface area contributed by atoms with Crippen molar-refractivity contribution in [2.24, 2.45) is 5.10 Å². The molecule has 0 aromatic carbocycles. The number of thiazole rings is 1. The van der Waals surface area contributed by atoms with Crippen molar-refractivity contribution in [3.63, 3.8) is 0 Å². The first-order valence-corrected chi connectivity index (χ1v) is 10.5. The van der Waals surface area contributed by atoms with Gasteiger partial charge in [-0.3, -0.25) is 9.78 Å². The standard InChI is InChI=1S/C19H19N5OS2/c25-18(14-6-4-8-20-12-14)23-21-13-16-17(15-7-5-11-26-15)22-19(27-16)24-9-2-1-3-10-24/h4-8,11-13H,1-3,9-10H2,(H,23,25)/b21-13+. The Kier molecular flexibility index (Phi) is 5.55. The fourth-order valence-corrected chi connectivity index (χ4v) is 4.72. The number of thiophene rings is 1. The lowest BCUT2D eigenvalue weighted by molar-refractivity contribution is 0.0955. The predicted molar refractivity (Wildman–Crippen MR) is 111 cm³/mol. The van der Waals surface area contributed by atoms with Crippen LogP contribution >= 0.6 is 22.7 Å². The van der Waals surface area contributed by atoms with Gasteiger partial charge in [-0.15, -0.1) is 11.3 Å². The minimum absolute atomic E-state index is 0.280. The molecule has 0 bridgehead atoms. The predicted octanol–water partition coefficient (Wildman–Crippen LogP) is 4.02. The lowest BCUT2D eigenvalue weighted by atomic mass is 10.1. The van der Waals surface area contributed by atoms with Crippen molar-refractivity contribution >= 4 is 39.9 Å². The zero-order chi connectivity index (χ0) is 18.5. The van der Waals surface area contributed by atoms with Crippen molar-refractivity contribution < 1.29 is 4.79 Å². The summed E-state index contributed by atoms with van der Waals surface area (Å²) >= 11 is 3.28. The lowest BCUT2D eigenvalue weighted by Gasteiger charge is -2.25. The third-order valence-corrected chi connectivity index (χ3v) is 6.22. The highest BCUT2D eigenvalue weighted by Gasteiger charge is 2.19. The van der Waals surface area contributed by atoms with Crippen molar-refractivity contribution in [2.45, 2.75) is 19.3 Å². The fraction of sp³-hybridized carbons (Fsp3) is 0.263. The van der Waals surface area contributed by atoms with Gasteiger partial charge < -0.3 is 4.90 Å². The maximum absolute atomic E-state index is 12.1. The van der Waals surface area contributed by atoms with E-state index in [-0.39, 0.29) is 5.91 Å². The molecule has 0 atom stereocenters. The monoisotopic (exact) mass is 397 g/mol. The van der Waals surface area contributed by atoms with Crippen molar-refractivity contribution in [2.75, 3.05) is 18.0 Å². The van der Waals surface area contributed by atoms with E-state index in [4.69, 9.17) is 4.98 Å². The average Bonchev–Trinajstić information content (AvgIpc) is 3.39. The third kappa shape index (κ3) is 4.23. The summed E-state index contributed by atoms with van der Waals surface area (Å²) in [6.45, 7) is 2.09. The Labute approximate surface area is 165 Å². The quantitative estimate of drug-likeness (QED) is 0.521. The van der Waals surface area contributed by atoms with Gasteiger partial charge in [-0.25, -0.2) is 10.4 Å². The summed E-state index contributed by atoms with van der Waals surface area (Å²) in [7, 11) is 0. The molecule has 0 aliphatic carbocycles. The molecule has 27 heavy (non-hydrogen) atoms. The summed E-state index contributed by atoms with van der Waals surface area (Å²) in [5.74, 6) is -0.280. The fourth-order valence-electron chi connectivity index (χ4n) is 2.93. The van der Waals surface area contributed by atoms with Crippen LogP contribution < -0.4 is 10.3 Å². The van der Waals surface area contributed by atoms with E-state index in [0.29, 0.717) is 5.56 Å². The molecule has 4 heterocycles. The van der Waals surface area contributed by atoms with E-state index in [1.54, 1.807) is 47.2 Å². The van der Waals surface area contributed by atoms with Crippen LogP contribution in [-0.2, 0) is 0 Å². The molecule has 8 heteroatoms. The van der Waals surface area contributed by atoms with E-state index < -0.39 is 0 Å². The first-order valence-electron chi connectivity index (χ1n) is 8.84. The van der Waals surface area contributed by atoms with Gasteiger partial charge in [0.05, 0.1) is 21.5 Å². The number of pyridine rings is 1. The molecule has 0 radical (unpaired) electrons. The van der Waals surface area contributed by atoms with E-state index in [2.05, 4.69) is 26.5 Å². The van der Waals surface area contributed by atoms with Gasteiger partial charge >= 0.3 is 0 Å². The molecule has 3 aromatic heterocycles. The van der Waals surface area contributed by atoms with E-state index in [0.717, 1.165) is 33.7 Å². The maximum atomic E-state index is 12.1. The molecule has 1 aliphatic rings. The van der Waals surface area contributed by atoms with Gasteiger partial charge in [-0.1, -0.05) is 17.4 Å². The van der Waals surface area contributed by atoms with Crippen LogP contribution in [0.5, 0.6) is 0 Å². The first-order chi connectivity index (χ1) is 13.3. The number of aromatic nitrogens is 2. The molecule has 4 rings (SSSR count). The highest BCUT2D eigenvalue weighted by atomic mass is 32.1. The van der Waals surface area contributed by atoms with E-state index in [1.807, 2.05) is 11.4 Å². The topological polar surface area (TPSA) is 70.5 Å². The Balaban J connectivity index is 1.55. The lowest BCUT2D eigenvalue weighted by Crippen LogP contribution is -2.29. The molecule has 3 aromatic rings. The second-order valence-electron chi connectivity index (χ2n) is 6.18. The molecule has 1 aliphatic heterocycles. The van der Waals surface area contributed by atoms with Gasteiger partial charge in [0, 0.05) is 25.5 Å². The number of hydrogen-bond donors (Lipinski definition) is 1. The van der Waals surface area contributed by atoms with Gasteiger partial charge in [0.25, 0.3) is 5.91 Å². The smallest absolute Gasteiger partial charge is 0.272 e. The number of rotatable bonds is 5. The van der Waals surface area contributed by atoms with Gasteiger partial charge in [0.15, 0.2) is 5.13 Å². The molecular formula is C19H19N5OS2. The Bertz CT molecular complexity index is 915. The number of carbonyl (C=O) groups is 1. The number of hydrazone groups is 1. The minimum Gasteiger partial charge on any atom is -0.348 e. The molecule has 6 nitrogen and oxygen atoms in total. The van der Waals surface area contributed by atoms with Crippen LogP contribution in [0, 0.1) is 0 Å². The summed E-state index contributed by atoms with van der Waals surface area (Å²) in [6, 6.07) is 7.51. The minimum atomic E-state index is -0.280. The highest BCUT2D eigenvalue weighted by molar-refractivity contribution is 7.18. The summed E-state index contributed by atoms with van der Waals surface area (Å²) in [5.41, 5.74) is 3.97. The van der Waals surface area contributed by atoms with Gasteiger partial charge in [0.2, 0.25) is 0 Å². The Morgan fingerprint density at radius 2 is 2.11 bits per heavy atom. The number of amides is 1. The van der Waals surface area contributed by atoms with E-state index in [1.165, 1.54) is 25.5 Å². The number of nitrogens with zero attached hydrogens (tertiary/aromatic N) is 4. The molecule has 0 saturated carbocycles. The molecule has 0 unspecified atom stereocenters. The largest absolute Gasteiger partial charge is 0.348 e. The zero-order valence-electron chi connectivity index (χ0n) is 14.7. The second kappa shape index (κ2) is 8.41. The Morgan fingerprint density at radius 1 is 1.22 bits per heavy atom. The van der Waals surface area contributed by atoms with E-state index >= 15 is 0 Å². The van der Waals surface area contributed by atoms with Crippen LogP contribution in [0.15, 0.2) is 47.1 Å². The van der Waals surface area contributed by atoms with Crippen molar-refractivity contribution in [1.82, 2.24) is 15.4 Å². The van der Waals surface area contributed by atoms with Crippen molar-refractivity contribution in [3.8, 4) is 10.6 Å². The summed E-state index contributed by atoms with van der Waals surface area (Å²) in [5, 5.41) is 7.22. The average molecular weight is 398 g/mol. The number of carbonyl (C=O) groups excluding carboxylic acids is 1. The molecule has 1 fully saturated rings. The highest BCUT2D eigenvalue weighted by Crippen LogP contribution is 2.35. The van der Waals surface area contributed by atoms with Crippen molar-refractivity contribution in [1.29, 1.82) is 0 Å². The number of nitrogens with one attached hydrogen (secondary N) is 1. The van der Waals surface area contributed by atoms with Crippen LogP contribution in [0.3, 0.4) is 0 Å².